The van der Waals surface area contributed by atoms with Crippen LogP contribution in [0.3, 0.4) is 0 Å². The second kappa shape index (κ2) is 12.8. The molecule has 6 rings (SSSR count). The number of para-hydroxylation sites is 1. The van der Waals surface area contributed by atoms with Crippen LogP contribution in [0.25, 0.3) is 11.3 Å². The Morgan fingerprint density at radius 2 is 1.27 bits per heavy atom. The number of hydrogen-bond donors (Lipinski definition) is 2. The van der Waals surface area contributed by atoms with Crippen molar-refractivity contribution in [2.24, 2.45) is 0 Å². The van der Waals surface area contributed by atoms with Crippen molar-refractivity contribution in [2.45, 2.75) is 13.1 Å². The normalized spacial score (nSPS) is 13.3. The molecule has 5 aromatic carbocycles. The highest BCUT2D eigenvalue weighted by Gasteiger charge is 2.30. The number of nitrogens with one attached hydrogen (secondary N) is 2. The molecule has 0 unspecified atom stereocenters. The van der Waals surface area contributed by atoms with E-state index in [1.807, 2.05) is 78.9 Å². The van der Waals surface area contributed by atoms with Crippen molar-refractivity contribution in [3.63, 3.8) is 0 Å². The van der Waals surface area contributed by atoms with E-state index in [4.69, 9.17) is 0 Å². The van der Waals surface area contributed by atoms with Gasteiger partial charge in [-0.15, -0.1) is 0 Å². The summed E-state index contributed by atoms with van der Waals surface area (Å²) in [6.45, 7) is 1.68. The van der Waals surface area contributed by atoms with Crippen molar-refractivity contribution in [1.29, 1.82) is 0 Å². The predicted octanol–water partition coefficient (Wildman–Crippen LogP) is 7.53. The molecule has 1 aliphatic rings. The molecule has 1 aliphatic heterocycles. The second-order valence-electron chi connectivity index (χ2n) is 11.0. The molecule has 0 radical (unpaired) electrons. The van der Waals surface area contributed by atoms with Gasteiger partial charge in [0.25, 0.3) is 11.8 Å². The lowest BCUT2D eigenvalue weighted by Crippen LogP contribution is -2.26. The topological polar surface area (TPSA) is 64.7 Å². The van der Waals surface area contributed by atoms with Crippen LogP contribution in [0.5, 0.6) is 0 Å². The Hall–Kier alpha value is -5.46. The van der Waals surface area contributed by atoms with Crippen LogP contribution in [0, 0.1) is 0 Å². The first kappa shape index (κ1) is 28.6. The first-order valence-electron chi connectivity index (χ1n) is 14.6. The van der Waals surface area contributed by atoms with Gasteiger partial charge < -0.3 is 15.5 Å². The fraction of sp³-hybridized carbons (Fsp3) is 0.105. The van der Waals surface area contributed by atoms with E-state index in [0.717, 1.165) is 30.0 Å². The molecule has 0 atom stereocenters. The van der Waals surface area contributed by atoms with Gasteiger partial charge in [0.2, 0.25) is 0 Å². The summed E-state index contributed by atoms with van der Waals surface area (Å²) in [7, 11) is 3.87. The third kappa shape index (κ3) is 6.31. The van der Waals surface area contributed by atoms with Gasteiger partial charge in [-0.25, -0.2) is 0 Å². The van der Waals surface area contributed by atoms with Gasteiger partial charge in [0, 0.05) is 48.3 Å². The largest absolute Gasteiger partial charge is 0.354 e. The smallest absolute Gasteiger partial charge is 0.258 e. The van der Waals surface area contributed by atoms with Crippen molar-refractivity contribution >= 4 is 40.1 Å². The maximum absolute atomic E-state index is 13.5. The van der Waals surface area contributed by atoms with Gasteiger partial charge in [0.05, 0.1) is 11.3 Å². The van der Waals surface area contributed by atoms with Crippen LogP contribution in [0.2, 0.25) is 0 Å². The summed E-state index contributed by atoms with van der Waals surface area (Å²) in [6.07, 6.45) is 0. The summed E-state index contributed by atoms with van der Waals surface area (Å²) < 4.78 is 0. The Kier molecular flexibility index (Phi) is 8.34. The minimum absolute atomic E-state index is 0.153. The van der Waals surface area contributed by atoms with E-state index in [2.05, 4.69) is 59.0 Å². The van der Waals surface area contributed by atoms with Gasteiger partial charge >= 0.3 is 0 Å². The molecule has 2 N–H and O–H groups in total. The zero-order chi connectivity index (χ0) is 30.5. The van der Waals surface area contributed by atoms with Crippen molar-refractivity contribution < 1.29 is 9.59 Å². The number of hydrogen-bond acceptors (Lipinski definition) is 4. The SMILES string of the molecule is CN(Cc1ccccc1)Cc1ccc(N/C(=C2\C(=O)Nc3ccc(C(=O)N(C)c4ccccc4)cc32)c2ccccc2)cc1. The summed E-state index contributed by atoms with van der Waals surface area (Å²) in [5, 5.41) is 6.53. The molecule has 0 saturated carbocycles. The van der Waals surface area contributed by atoms with Crippen LogP contribution in [-0.2, 0) is 17.9 Å². The zero-order valence-electron chi connectivity index (χ0n) is 24.8. The first-order chi connectivity index (χ1) is 21.5. The number of nitrogens with zero attached hydrogens (tertiary/aromatic N) is 2. The number of rotatable bonds is 9. The maximum Gasteiger partial charge on any atom is 0.258 e. The fourth-order valence-corrected chi connectivity index (χ4v) is 5.50. The lowest BCUT2D eigenvalue weighted by atomic mass is 9.98. The predicted molar refractivity (Wildman–Crippen MR) is 179 cm³/mol. The quantitative estimate of drug-likeness (QED) is 0.178. The molecule has 2 amide bonds. The van der Waals surface area contributed by atoms with Gasteiger partial charge in [-0.1, -0.05) is 91.0 Å². The molecule has 0 aromatic heterocycles. The Labute approximate surface area is 258 Å². The van der Waals surface area contributed by atoms with E-state index in [1.165, 1.54) is 11.1 Å². The Morgan fingerprint density at radius 1 is 0.682 bits per heavy atom. The van der Waals surface area contributed by atoms with Gasteiger partial charge in [0.1, 0.15) is 0 Å². The minimum Gasteiger partial charge on any atom is -0.354 e. The summed E-state index contributed by atoms with van der Waals surface area (Å²) in [6, 6.07) is 43.4. The molecule has 0 saturated heterocycles. The van der Waals surface area contributed by atoms with Crippen molar-refractivity contribution in [1.82, 2.24) is 4.90 Å². The lowest BCUT2D eigenvalue weighted by Gasteiger charge is -2.19. The number of anilines is 3. The van der Waals surface area contributed by atoms with E-state index < -0.39 is 0 Å². The highest BCUT2D eigenvalue weighted by Crippen LogP contribution is 2.38. The van der Waals surface area contributed by atoms with E-state index in [1.54, 1.807) is 30.1 Å². The molecular formula is C38H34N4O2. The van der Waals surface area contributed by atoms with E-state index in [9.17, 15) is 9.59 Å². The van der Waals surface area contributed by atoms with Crippen LogP contribution in [0.4, 0.5) is 17.1 Å². The molecule has 218 valence electrons. The number of benzene rings is 5. The molecule has 0 spiro atoms. The summed E-state index contributed by atoms with van der Waals surface area (Å²) in [5.41, 5.74) is 8.04. The van der Waals surface area contributed by atoms with Crippen molar-refractivity contribution in [2.75, 3.05) is 29.6 Å². The van der Waals surface area contributed by atoms with Crippen molar-refractivity contribution in [3.05, 3.63) is 161 Å². The number of carbonyl (C=O) groups is 2. The maximum atomic E-state index is 13.5. The molecule has 1 heterocycles. The number of fused-ring (bicyclic) bond motifs is 1. The molecule has 6 heteroatoms. The third-order valence-corrected chi connectivity index (χ3v) is 7.74. The highest BCUT2D eigenvalue weighted by atomic mass is 16.2. The fourth-order valence-electron chi connectivity index (χ4n) is 5.50. The molecule has 5 aromatic rings. The van der Waals surface area contributed by atoms with Gasteiger partial charge in [0.15, 0.2) is 0 Å². The summed E-state index contributed by atoms with van der Waals surface area (Å²) in [4.78, 5) is 30.8. The zero-order valence-corrected chi connectivity index (χ0v) is 24.8. The molecule has 0 fully saturated rings. The van der Waals surface area contributed by atoms with Crippen LogP contribution in [-0.4, -0.2) is 30.8 Å². The first-order valence-corrected chi connectivity index (χ1v) is 14.6. The average molecular weight is 579 g/mol. The second-order valence-corrected chi connectivity index (χ2v) is 11.0. The van der Waals surface area contributed by atoms with E-state index in [-0.39, 0.29) is 11.8 Å². The monoisotopic (exact) mass is 578 g/mol. The summed E-state index contributed by atoms with van der Waals surface area (Å²) in [5.74, 6) is -0.369. The van der Waals surface area contributed by atoms with Crippen LogP contribution >= 0.6 is 0 Å². The van der Waals surface area contributed by atoms with Gasteiger partial charge in [-0.05, 0) is 66.2 Å². The van der Waals surface area contributed by atoms with Crippen LogP contribution < -0.4 is 15.5 Å². The third-order valence-electron chi connectivity index (χ3n) is 7.74. The number of amides is 2. The highest BCUT2D eigenvalue weighted by molar-refractivity contribution is 6.37. The summed E-state index contributed by atoms with van der Waals surface area (Å²) >= 11 is 0. The lowest BCUT2D eigenvalue weighted by molar-refractivity contribution is -0.110. The molecule has 6 nitrogen and oxygen atoms in total. The Balaban J connectivity index is 1.30. The van der Waals surface area contributed by atoms with E-state index in [0.29, 0.717) is 28.1 Å². The Morgan fingerprint density at radius 3 is 1.93 bits per heavy atom. The van der Waals surface area contributed by atoms with Crippen molar-refractivity contribution in [3.8, 4) is 0 Å². The Bertz CT molecular complexity index is 1800. The minimum atomic E-state index is -0.216. The average Bonchev–Trinajstić information content (AvgIpc) is 3.39. The van der Waals surface area contributed by atoms with Gasteiger partial charge in [-0.3, -0.25) is 14.5 Å². The van der Waals surface area contributed by atoms with E-state index >= 15 is 0 Å². The van der Waals surface area contributed by atoms with Gasteiger partial charge in [-0.2, -0.15) is 0 Å². The molecule has 0 aliphatic carbocycles. The number of carbonyl (C=O) groups excluding carboxylic acids is 2. The van der Waals surface area contributed by atoms with Crippen LogP contribution in [0.1, 0.15) is 32.6 Å². The molecule has 44 heavy (non-hydrogen) atoms. The van der Waals surface area contributed by atoms with Crippen LogP contribution in [0.15, 0.2) is 133 Å². The standard InChI is InChI=1S/C38H34N4O2/c1-41(25-27-12-6-3-7-13-27)26-28-18-21-31(22-19-28)39-36(29-14-8-4-9-15-29)35-33-24-30(20-23-34(33)40-37(35)43)38(44)42(2)32-16-10-5-11-17-32/h3-24,39H,25-26H2,1-2H3,(H,40,43)/b36-35-. The molecule has 0 bridgehead atoms. The molecular weight excluding hydrogens is 544 g/mol.